The number of nitrogens with one attached hydrogen (secondary N) is 1. The van der Waals surface area contributed by atoms with Gasteiger partial charge in [0.05, 0.1) is 37.2 Å². The Kier molecular flexibility index (Phi) is 4.02. The van der Waals surface area contributed by atoms with Crippen molar-refractivity contribution in [2.75, 3.05) is 26.6 Å². The Hall–Kier alpha value is -2.47. The van der Waals surface area contributed by atoms with Crippen molar-refractivity contribution in [2.24, 2.45) is 0 Å². The van der Waals surface area contributed by atoms with E-state index < -0.39 is 0 Å². The molecule has 0 aliphatic heterocycles. The van der Waals surface area contributed by atoms with Gasteiger partial charge in [-0.1, -0.05) is 23.5 Å². The van der Waals surface area contributed by atoms with E-state index >= 15 is 0 Å². The Morgan fingerprint density at radius 3 is 2.32 bits per heavy atom. The quantitative estimate of drug-likeness (QED) is 0.769. The summed E-state index contributed by atoms with van der Waals surface area (Å²) in [6.07, 6.45) is 0. The van der Waals surface area contributed by atoms with Crippen LogP contribution in [0, 0.1) is 0 Å². The van der Waals surface area contributed by atoms with Crippen molar-refractivity contribution in [2.45, 2.75) is 0 Å². The third-order valence-corrected chi connectivity index (χ3v) is 4.18. The second-order valence-electron chi connectivity index (χ2n) is 4.52. The maximum absolute atomic E-state index is 5.34. The van der Waals surface area contributed by atoms with Crippen molar-refractivity contribution >= 4 is 32.4 Å². The Balaban J connectivity index is 1.98. The first-order chi connectivity index (χ1) is 10.7. The molecule has 0 amide bonds. The molecule has 0 fully saturated rings. The lowest BCUT2D eigenvalue weighted by Crippen LogP contribution is -1.93. The molecule has 0 saturated carbocycles. The highest BCUT2D eigenvalue weighted by atomic mass is 32.1. The van der Waals surface area contributed by atoms with Gasteiger partial charge in [0.1, 0.15) is 5.75 Å². The smallest absolute Gasteiger partial charge is 0.188 e. The van der Waals surface area contributed by atoms with Gasteiger partial charge in [-0.15, -0.1) is 0 Å². The first-order valence-corrected chi connectivity index (χ1v) is 7.49. The summed E-state index contributed by atoms with van der Waals surface area (Å²) in [5, 5.41) is 4.08. The van der Waals surface area contributed by atoms with Crippen LogP contribution in [-0.2, 0) is 0 Å². The second-order valence-corrected chi connectivity index (χ2v) is 5.55. The largest absolute Gasteiger partial charge is 0.495 e. The molecule has 2 aromatic carbocycles. The molecular weight excluding hydrogens is 300 g/mol. The van der Waals surface area contributed by atoms with Crippen LogP contribution in [0.2, 0.25) is 0 Å². The zero-order valence-corrected chi connectivity index (χ0v) is 13.4. The molecule has 0 bridgehead atoms. The van der Waals surface area contributed by atoms with Crippen LogP contribution >= 0.6 is 11.3 Å². The van der Waals surface area contributed by atoms with Crippen molar-refractivity contribution in [3.63, 3.8) is 0 Å². The molecule has 1 N–H and O–H groups in total. The minimum Gasteiger partial charge on any atom is -0.495 e. The molecule has 22 heavy (non-hydrogen) atoms. The summed E-state index contributed by atoms with van der Waals surface area (Å²) in [4.78, 5) is 4.58. The highest BCUT2D eigenvalue weighted by molar-refractivity contribution is 7.22. The number of fused-ring (bicyclic) bond motifs is 1. The third-order valence-electron chi connectivity index (χ3n) is 3.24. The number of ether oxygens (including phenoxy) is 3. The Labute approximate surface area is 132 Å². The van der Waals surface area contributed by atoms with Gasteiger partial charge in [0.2, 0.25) is 0 Å². The number of hydrogen-bond acceptors (Lipinski definition) is 6. The van der Waals surface area contributed by atoms with Crippen LogP contribution in [0.25, 0.3) is 10.2 Å². The van der Waals surface area contributed by atoms with E-state index in [1.807, 2.05) is 36.4 Å². The van der Waals surface area contributed by atoms with Gasteiger partial charge in [-0.3, -0.25) is 0 Å². The molecule has 0 radical (unpaired) electrons. The third kappa shape index (κ3) is 2.65. The minimum atomic E-state index is 0.671. The fourth-order valence-corrected chi connectivity index (χ4v) is 3.06. The minimum absolute atomic E-state index is 0.671. The molecule has 3 aromatic rings. The van der Waals surface area contributed by atoms with Gasteiger partial charge < -0.3 is 19.5 Å². The monoisotopic (exact) mass is 316 g/mol. The van der Waals surface area contributed by atoms with Gasteiger partial charge in [0.25, 0.3) is 0 Å². The Bertz CT molecular complexity index is 760. The molecule has 0 atom stereocenters. The van der Waals surface area contributed by atoms with Gasteiger partial charge >= 0.3 is 0 Å². The van der Waals surface area contributed by atoms with Gasteiger partial charge in [0, 0.05) is 12.1 Å². The van der Waals surface area contributed by atoms with E-state index in [2.05, 4.69) is 10.3 Å². The van der Waals surface area contributed by atoms with Crippen molar-refractivity contribution in [3.8, 4) is 17.2 Å². The summed E-state index contributed by atoms with van der Waals surface area (Å²) in [5.41, 5.74) is 1.74. The molecule has 0 aliphatic rings. The van der Waals surface area contributed by atoms with Crippen LogP contribution in [0.15, 0.2) is 36.4 Å². The first kappa shape index (κ1) is 14.5. The number of thiazole rings is 1. The number of nitrogens with zero attached hydrogens (tertiary/aromatic N) is 1. The zero-order chi connectivity index (χ0) is 15.5. The number of methoxy groups -OCH3 is 3. The molecule has 3 rings (SSSR count). The van der Waals surface area contributed by atoms with E-state index in [1.165, 1.54) is 0 Å². The van der Waals surface area contributed by atoms with Gasteiger partial charge in [-0.05, 0) is 12.1 Å². The molecule has 0 spiro atoms. The number of para-hydroxylation sites is 2. The molecule has 0 saturated heterocycles. The molecule has 0 aliphatic carbocycles. The lowest BCUT2D eigenvalue weighted by Gasteiger charge is -2.07. The van der Waals surface area contributed by atoms with E-state index in [0.717, 1.165) is 26.8 Å². The highest BCUT2D eigenvalue weighted by Crippen LogP contribution is 2.37. The van der Waals surface area contributed by atoms with E-state index in [9.17, 15) is 0 Å². The predicted molar refractivity (Wildman–Crippen MR) is 89.0 cm³/mol. The predicted octanol–water partition coefficient (Wildman–Crippen LogP) is 4.07. The molecule has 1 heterocycles. The number of aromatic nitrogens is 1. The van der Waals surface area contributed by atoms with Gasteiger partial charge in [0.15, 0.2) is 16.6 Å². The SMILES string of the molecule is COc1ccccc1Nc1nc2cc(OC)c(OC)cc2s1. The summed E-state index contributed by atoms with van der Waals surface area (Å²) in [7, 11) is 4.89. The van der Waals surface area contributed by atoms with Crippen LogP contribution in [0.5, 0.6) is 17.2 Å². The molecule has 1 aromatic heterocycles. The molecule has 114 valence electrons. The molecular formula is C16H16N2O3S. The van der Waals surface area contributed by atoms with Crippen molar-refractivity contribution < 1.29 is 14.2 Å². The molecule has 6 heteroatoms. The fraction of sp³-hybridized carbons (Fsp3) is 0.188. The van der Waals surface area contributed by atoms with E-state index in [1.54, 1.807) is 32.7 Å². The van der Waals surface area contributed by atoms with Crippen LogP contribution < -0.4 is 19.5 Å². The van der Waals surface area contributed by atoms with Crippen LogP contribution in [0.3, 0.4) is 0 Å². The average molecular weight is 316 g/mol. The lowest BCUT2D eigenvalue weighted by atomic mass is 10.3. The van der Waals surface area contributed by atoms with E-state index in [4.69, 9.17) is 14.2 Å². The van der Waals surface area contributed by atoms with Gasteiger partial charge in [-0.2, -0.15) is 0 Å². The zero-order valence-electron chi connectivity index (χ0n) is 12.5. The normalized spacial score (nSPS) is 10.5. The van der Waals surface area contributed by atoms with Gasteiger partial charge in [-0.25, -0.2) is 4.98 Å². The van der Waals surface area contributed by atoms with E-state index in [-0.39, 0.29) is 0 Å². The summed E-state index contributed by atoms with van der Waals surface area (Å²) in [6, 6.07) is 11.5. The number of hydrogen-bond donors (Lipinski definition) is 1. The summed E-state index contributed by atoms with van der Waals surface area (Å²) in [6.45, 7) is 0. The average Bonchev–Trinajstić information content (AvgIpc) is 2.95. The fourth-order valence-electron chi connectivity index (χ4n) is 2.17. The van der Waals surface area contributed by atoms with Crippen molar-refractivity contribution in [1.29, 1.82) is 0 Å². The van der Waals surface area contributed by atoms with Crippen molar-refractivity contribution in [1.82, 2.24) is 4.98 Å². The number of benzene rings is 2. The maximum atomic E-state index is 5.34. The molecule has 5 nitrogen and oxygen atoms in total. The molecule has 0 unspecified atom stereocenters. The first-order valence-electron chi connectivity index (χ1n) is 6.67. The number of anilines is 2. The standard InChI is InChI=1S/C16H16N2O3S/c1-19-12-7-5-4-6-10(12)17-16-18-11-8-13(20-2)14(21-3)9-15(11)22-16/h4-9H,1-3H3,(H,17,18). The lowest BCUT2D eigenvalue weighted by molar-refractivity contribution is 0.356. The number of rotatable bonds is 5. The Morgan fingerprint density at radius 2 is 1.59 bits per heavy atom. The summed E-state index contributed by atoms with van der Waals surface area (Å²) in [5.74, 6) is 2.14. The highest BCUT2D eigenvalue weighted by Gasteiger charge is 2.11. The van der Waals surface area contributed by atoms with Crippen molar-refractivity contribution in [3.05, 3.63) is 36.4 Å². The second kappa shape index (κ2) is 6.11. The van der Waals surface area contributed by atoms with Crippen LogP contribution in [-0.4, -0.2) is 26.3 Å². The van der Waals surface area contributed by atoms with E-state index in [0.29, 0.717) is 11.5 Å². The topological polar surface area (TPSA) is 52.6 Å². The Morgan fingerprint density at radius 1 is 0.909 bits per heavy atom. The van der Waals surface area contributed by atoms with Crippen LogP contribution in [0.4, 0.5) is 10.8 Å². The maximum Gasteiger partial charge on any atom is 0.188 e. The summed E-state index contributed by atoms with van der Waals surface area (Å²) >= 11 is 1.55. The summed E-state index contributed by atoms with van der Waals surface area (Å²) < 4.78 is 17.0. The van der Waals surface area contributed by atoms with Crippen LogP contribution in [0.1, 0.15) is 0 Å².